The molecule has 1 aliphatic carbocycles. The molecular weight excluding hydrogens is 497 g/mol. The topological polar surface area (TPSA) is 91.9 Å². The number of carbonyl (C=O) groups is 1. The molecule has 1 saturated carbocycles. The third-order valence-corrected chi connectivity index (χ3v) is 6.61. The standard InChI is InChI=1S/C11H7BrO3.C9H15ClNO.Cu/c12-9-7-4-2-1-3-6(7)5-8(10(9)13)11(14)15;10-7-3-4-8(12)9-6(7)2-1-5-11-9;/h1-5,13H,(H,14,15);6-9,12H,1-5H2;/q;-1;+1. The van der Waals surface area contributed by atoms with Gasteiger partial charge in [0.2, 0.25) is 0 Å². The zero-order chi connectivity index (χ0) is 19.6. The van der Waals surface area contributed by atoms with Crippen LogP contribution in [0.2, 0.25) is 0 Å². The predicted octanol–water partition coefficient (Wildman–Crippen LogP) is 4.90. The van der Waals surface area contributed by atoms with Gasteiger partial charge in [0.25, 0.3) is 0 Å². The second-order valence-electron chi connectivity index (χ2n) is 6.98. The number of aliphatic hydroxyl groups excluding tert-OH is 1. The van der Waals surface area contributed by atoms with E-state index in [1.807, 2.05) is 18.2 Å². The van der Waals surface area contributed by atoms with Crippen LogP contribution in [0.3, 0.4) is 0 Å². The van der Waals surface area contributed by atoms with Crippen LogP contribution in [0.25, 0.3) is 16.1 Å². The summed E-state index contributed by atoms with van der Waals surface area (Å²) in [7, 11) is 0. The molecule has 2 aliphatic rings. The minimum atomic E-state index is -1.14. The largest absolute Gasteiger partial charge is 1.00 e. The van der Waals surface area contributed by atoms with Crippen molar-refractivity contribution < 1.29 is 37.2 Å². The van der Waals surface area contributed by atoms with Gasteiger partial charge in [-0.15, -0.1) is 24.2 Å². The zero-order valence-electron chi connectivity index (χ0n) is 15.0. The summed E-state index contributed by atoms with van der Waals surface area (Å²) < 4.78 is 0.415. The van der Waals surface area contributed by atoms with Gasteiger partial charge in [0, 0.05) is 11.5 Å². The Hall–Kier alpha value is -0.821. The number of piperidine rings is 1. The zero-order valence-corrected chi connectivity index (χ0v) is 18.3. The summed E-state index contributed by atoms with van der Waals surface area (Å²) in [5.41, 5.74) is -0.0967. The second kappa shape index (κ2) is 10.3. The van der Waals surface area contributed by atoms with Crippen molar-refractivity contribution in [3.8, 4) is 5.75 Å². The molecule has 0 aromatic heterocycles. The maximum atomic E-state index is 10.8. The number of carboxylic acids is 1. The molecule has 1 heterocycles. The van der Waals surface area contributed by atoms with Gasteiger partial charge in [-0.3, -0.25) is 0 Å². The Labute approximate surface area is 188 Å². The minimum Gasteiger partial charge on any atom is -0.657 e. The van der Waals surface area contributed by atoms with E-state index in [1.165, 1.54) is 6.07 Å². The Morgan fingerprint density at radius 1 is 1.21 bits per heavy atom. The molecule has 0 amide bonds. The summed E-state index contributed by atoms with van der Waals surface area (Å²) >= 11 is 9.37. The van der Waals surface area contributed by atoms with Gasteiger partial charge >= 0.3 is 23.0 Å². The predicted molar refractivity (Wildman–Crippen MR) is 110 cm³/mol. The summed E-state index contributed by atoms with van der Waals surface area (Å²) in [6.45, 7) is 0.918. The molecule has 0 bridgehead atoms. The summed E-state index contributed by atoms with van der Waals surface area (Å²) in [6.07, 6.45) is 3.87. The van der Waals surface area contributed by atoms with Crippen LogP contribution in [0.4, 0.5) is 0 Å². The Balaban J connectivity index is 0.000000198. The number of hydrogen-bond donors (Lipinski definition) is 3. The quantitative estimate of drug-likeness (QED) is 0.369. The van der Waals surface area contributed by atoms with Crippen molar-refractivity contribution in [3.63, 3.8) is 0 Å². The first-order chi connectivity index (χ1) is 12.9. The monoisotopic (exact) mass is 517 g/mol. The van der Waals surface area contributed by atoms with Crippen LogP contribution in [-0.2, 0) is 17.1 Å². The molecular formula is C20H22BrClCuNO4. The van der Waals surface area contributed by atoms with E-state index in [-0.39, 0.29) is 45.9 Å². The van der Waals surface area contributed by atoms with E-state index in [2.05, 4.69) is 21.2 Å². The normalized spacial score (nSPS) is 26.4. The Morgan fingerprint density at radius 3 is 2.61 bits per heavy atom. The molecule has 4 rings (SSSR count). The molecule has 4 unspecified atom stereocenters. The fourth-order valence-electron chi connectivity index (χ4n) is 3.85. The number of benzene rings is 2. The molecule has 2 aromatic rings. The molecule has 28 heavy (non-hydrogen) atoms. The van der Waals surface area contributed by atoms with E-state index >= 15 is 0 Å². The Kier molecular flexibility index (Phi) is 8.61. The first kappa shape index (κ1) is 23.5. The summed E-state index contributed by atoms with van der Waals surface area (Å²) in [5.74, 6) is -0.927. The van der Waals surface area contributed by atoms with Crippen LogP contribution < -0.4 is 0 Å². The van der Waals surface area contributed by atoms with Crippen molar-refractivity contribution in [1.82, 2.24) is 0 Å². The molecule has 156 valence electrons. The molecule has 4 atom stereocenters. The van der Waals surface area contributed by atoms with Gasteiger partial charge in [-0.25, -0.2) is 4.79 Å². The molecule has 5 nitrogen and oxygen atoms in total. The van der Waals surface area contributed by atoms with Crippen LogP contribution >= 0.6 is 27.5 Å². The third-order valence-electron chi connectivity index (χ3n) is 5.26. The Morgan fingerprint density at radius 2 is 1.93 bits per heavy atom. The number of aliphatic hydroxyl groups is 1. The molecule has 3 N–H and O–H groups in total. The fourth-order valence-corrected chi connectivity index (χ4v) is 4.82. The number of aromatic hydroxyl groups is 1. The number of phenols is 1. The van der Waals surface area contributed by atoms with Gasteiger partial charge in [-0.1, -0.05) is 37.1 Å². The average molecular weight is 519 g/mol. The molecule has 1 saturated heterocycles. The van der Waals surface area contributed by atoms with Crippen molar-refractivity contribution in [2.75, 3.05) is 6.54 Å². The van der Waals surface area contributed by atoms with E-state index in [0.717, 1.165) is 43.0 Å². The first-order valence-electron chi connectivity index (χ1n) is 9.02. The van der Waals surface area contributed by atoms with Crippen molar-refractivity contribution >= 4 is 44.3 Å². The van der Waals surface area contributed by atoms with E-state index < -0.39 is 5.97 Å². The van der Waals surface area contributed by atoms with E-state index in [0.29, 0.717) is 10.4 Å². The van der Waals surface area contributed by atoms with Crippen LogP contribution in [0.15, 0.2) is 34.8 Å². The van der Waals surface area contributed by atoms with Crippen LogP contribution in [0.5, 0.6) is 5.75 Å². The maximum Gasteiger partial charge on any atom is 1.00 e. The molecule has 8 heteroatoms. The first-order valence-corrected chi connectivity index (χ1v) is 10.3. The van der Waals surface area contributed by atoms with Gasteiger partial charge in [0.05, 0.1) is 4.47 Å². The number of hydrogen-bond acceptors (Lipinski definition) is 3. The minimum absolute atomic E-state index is 0. The van der Waals surface area contributed by atoms with Crippen LogP contribution in [0, 0.1) is 5.92 Å². The molecule has 2 aromatic carbocycles. The summed E-state index contributed by atoms with van der Waals surface area (Å²) in [4.78, 5) is 10.8. The number of aromatic carboxylic acids is 1. The van der Waals surface area contributed by atoms with E-state index in [4.69, 9.17) is 16.7 Å². The number of nitrogens with zero attached hydrogens (tertiary/aromatic N) is 1. The van der Waals surface area contributed by atoms with Gasteiger partial charge in [-0.2, -0.15) is 0 Å². The summed E-state index contributed by atoms with van der Waals surface area (Å²) in [6, 6.07) is 8.86. The summed E-state index contributed by atoms with van der Waals surface area (Å²) in [5, 5.41) is 34.4. The van der Waals surface area contributed by atoms with Gasteiger partial charge < -0.3 is 20.6 Å². The molecule has 1 aliphatic heterocycles. The van der Waals surface area contributed by atoms with E-state index in [9.17, 15) is 15.0 Å². The molecule has 0 radical (unpaired) electrons. The van der Waals surface area contributed by atoms with Gasteiger partial charge in [-0.05, 0) is 51.5 Å². The van der Waals surface area contributed by atoms with Crippen molar-refractivity contribution in [2.45, 2.75) is 43.2 Å². The van der Waals surface area contributed by atoms with Crippen LogP contribution in [0.1, 0.15) is 36.0 Å². The number of alkyl halides is 1. The van der Waals surface area contributed by atoms with Crippen molar-refractivity contribution in [3.05, 3.63) is 45.7 Å². The SMILES string of the molecule is O=C(O)c1cc2ccccc2c(Br)c1O.OC1CCC(Cl)C2CCC[N-]C12.[Cu+]. The van der Waals surface area contributed by atoms with Gasteiger partial charge in [0.15, 0.2) is 0 Å². The molecule has 2 fully saturated rings. The van der Waals surface area contributed by atoms with E-state index in [1.54, 1.807) is 6.07 Å². The molecule has 0 spiro atoms. The Bertz CT molecular complexity index is 819. The van der Waals surface area contributed by atoms with Crippen LogP contribution in [-0.4, -0.2) is 45.4 Å². The number of fused-ring (bicyclic) bond motifs is 2. The maximum absolute atomic E-state index is 10.8. The van der Waals surface area contributed by atoms with Gasteiger partial charge in [0.1, 0.15) is 11.3 Å². The number of halogens is 2. The van der Waals surface area contributed by atoms with Crippen molar-refractivity contribution in [2.24, 2.45) is 5.92 Å². The smallest absolute Gasteiger partial charge is 0.657 e. The third kappa shape index (κ3) is 5.02. The van der Waals surface area contributed by atoms with Crippen molar-refractivity contribution in [1.29, 1.82) is 0 Å². The average Bonchev–Trinajstić information content (AvgIpc) is 2.68. The number of carboxylic acid groups (broad SMARTS) is 1. The second-order valence-corrected chi connectivity index (χ2v) is 8.33. The fraction of sp³-hybridized carbons (Fsp3) is 0.450. The number of rotatable bonds is 1.